The lowest BCUT2D eigenvalue weighted by molar-refractivity contribution is -0.120. The maximum Gasteiger partial charge on any atom is 0.251 e. The first-order valence-electron chi connectivity index (χ1n) is 9.50. The number of carbonyl (C=O) groups is 2. The smallest absolute Gasteiger partial charge is 0.251 e. The molecule has 0 atom stereocenters. The van der Waals surface area contributed by atoms with E-state index >= 15 is 0 Å². The number of aryl methyl sites for hydroxylation is 1. The van der Waals surface area contributed by atoms with Crippen LogP contribution in [0.15, 0.2) is 41.6 Å². The summed E-state index contributed by atoms with van der Waals surface area (Å²) in [5.41, 5.74) is 1.04. The van der Waals surface area contributed by atoms with Crippen LogP contribution in [0.2, 0.25) is 0 Å². The van der Waals surface area contributed by atoms with E-state index in [1.54, 1.807) is 17.1 Å². The van der Waals surface area contributed by atoms with Gasteiger partial charge in [-0.25, -0.2) is 8.42 Å². The molecule has 9 nitrogen and oxygen atoms in total. The molecule has 0 radical (unpaired) electrons. The average Bonchev–Trinajstić information content (AvgIpc) is 3.20. The van der Waals surface area contributed by atoms with Gasteiger partial charge in [0.15, 0.2) is 0 Å². The van der Waals surface area contributed by atoms with Gasteiger partial charge in [-0.1, -0.05) is 0 Å². The maximum atomic E-state index is 12.9. The van der Waals surface area contributed by atoms with Crippen LogP contribution in [0.25, 0.3) is 0 Å². The Bertz CT molecular complexity index is 976. The summed E-state index contributed by atoms with van der Waals surface area (Å²) >= 11 is 0. The SMILES string of the molecule is CCn1cc(NC(=O)C2CCN(S(=O)(=O)c3ccc(C(=O)NC)cc3)CC2)cn1. The van der Waals surface area contributed by atoms with Crippen LogP contribution < -0.4 is 10.6 Å². The minimum atomic E-state index is -3.66. The van der Waals surface area contributed by atoms with Gasteiger partial charge in [0.1, 0.15) is 0 Å². The van der Waals surface area contributed by atoms with Crippen molar-refractivity contribution < 1.29 is 18.0 Å². The van der Waals surface area contributed by atoms with Gasteiger partial charge < -0.3 is 10.6 Å². The number of benzene rings is 1. The molecule has 156 valence electrons. The standard InChI is InChI=1S/C19H25N5O4S/c1-3-23-13-16(12-21-23)22-19(26)15-8-10-24(11-9-15)29(27,28)17-6-4-14(5-7-17)18(25)20-2/h4-7,12-13,15H,3,8-11H2,1-2H3,(H,20,25)(H,22,26). The summed E-state index contributed by atoms with van der Waals surface area (Å²) < 4.78 is 28.8. The molecular weight excluding hydrogens is 394 g/mol. The molecule has 2 N–H and O–H groups in total. The second-order valence-electron chi connectivity index (χ2n) is 6.86. The zero-order valence-electron chi connectivity index (χ0n) is 16.5. The molecule has 2 amide bonds. The van der Waals surface area contributed by atoms with Crippen molar-refractivity contribution in [3.63, 3.8) is 0 Å². The summed E-state index contributed by atoms with van der Waals surface area (Å²) in [5.74, 6) is -0.639. The molecule has 2 aromatic rings. The molecule has 10 heteroatoms. The first-order chi connectivity index (χ1) is 13.8. The highest BCUT2D eigenvalue weighted by molar-refractivity contribution is 7.89. The minimum absolute atomic E-state index is 0.118. The van der Waals surface area contributed by atoms with E-state index in [0.717, 1.165) is 6.54 Å². The number of rotatable bonds is 6. The Balaban J connectivity index is 1.60. The molecule has 1 aromatic heterocycles. The fourth-order valence-corrected chi connectivity index (χ4v) is 4.75. The zero-order chi connectivity index (χ0) is 21.0. The van der Waals surface area contributed by atoms with Gasteiger partial charge in [-0.2, -0.15) is 9.40 Å². The Kier molecular flexibility index (Phi) is 6.33. The van der Waals surface area contributed by atoms with Crippen LogP contribution >= 0.6 is 0 Å². The maximum absolute atomic E-state index is 12.9. The first-order valence-corrected chi connectivity index (χ1v) is 10.9. The molecule has 2 heterocycles. The number of piperidine rings is 1. The summed E-state index contributed by atoms with van der Waals surface area (Å²) in [6, 6.07) is 5.85. The van der Waals surface area contributed by atoms with Crippen LogP contribution in [0.4, 0.5) is 5.69 Å². The summed E-state index contributed by atoms with van der Waals surface area (Å²) in [4.78, 5) is 24.2. The number of hydrogen-bond acceptors (Lipinski definition) is 5. The van der Waals surface area contributed by atoms with Crippen molar-refractivity contribution in [3.8, 4) is 0 Å². The third-order valence-electron chi connectivity index (χ3n) is 5.03. The molecule has 1 aliphatic rings. The lowest BCUT2D eigenvalue weighted by atomic mass is 9.97. The summed E-state index contributed by atoms with van der Waals surface area (Å²) in [7, 11) is -2.15. The van der Waals surface area contributed by atoms with Crippen LogP contribution in [0.1, 0.15) is 30.1 Å². The largest absolute Gasteiger partial charge is 0.355 e. The van der Waals surface area contributed by atoms with Crippen molar-refractivity contribution in [1.29, 1.82) is 0 Å². The Labute approximate surface area is 170 Å². The number of carbonyl (C=O) groups excluding carboxylic acids is 2. The second kappa shape index (κ2) is 8.75. The molecule has 1 saturated heterocycles. The summed E-state index contributed by atoms with van der Waals surface area (Å²) in [6.45, 7) is 3.22. The van der Waals surface area contributed by atoms with Crippen molar-refractivity contribution in [2.45, 2.75) is 31.2 Å². The lowest BCUT2D eigenvalue weighted by Crippen LogP contribution is -2.41. The van der Waals surface area contributed by atoms with Crippen LogP contribution in [-0.4, -0.2) is 54.5 Å². The third kappa shape index (κ3) is 4.65. The van der Waals surface area contributed by atoms with E-state index < -0.39 is 10.0 Å². The van der Waals surface area contributed by atoms with Gasteiger partial charge in [0.25, 0.3) is 5.91 Å². The van der Waals surface area contributed by atoms with Crippen molar-refractivity contribution in [2.75, 3.05) is 25.5 Å². The molecule has 29 heavy (non-hydrogen) atoms. The number of amides is 2. The van der Waals surface area contributed by atoms with E-state index in [-0.39, 0.29) is 35.7 Å². The molecule has 1 aliphatic heterocycles. The van der Waals surface area contributed by atoms with Crippen molar-refractivity contribution >= 4 is 27.5 Å². The van der Waals surface area contributed by atoms with Crippen LogP contribution in [0, 0.1) is 5.92 Å². The first kappa shape index (κ1) is 21.0. The van der Waals surface area contributed by atoms with Gasteiger partial charge >= 0.3 is 0 Å². The fourth-order valence-electron chi connectivity index (χ4n) is 3.28. The quantitative estimate of drug-likeness (QED) is 0.733. The lowest BCUT2D eigenvalue weighted by Gasteiger charge is -2.30. The highest BCUT2D eigenvalue weighted by Gasteiger charge is 2.32. The number of sulfonamides is 1. The van der Waals surface area contributed by atoms with Gasteiger partial charge in [0, 0.05) is 44.4 Å². The molecule has 0 saturated carbocycles. The normalized spacial score (nSPS) is 15.8. The topological polar surface area (TPSA) is 113 Å². The average molecular weight is 420 g/mol. The highest BCUT2D eigenvalue weighted by Crippen LogP contribution is 2.25. The Hall–Kier alpha value is -2.72. The van der Waals surface area contributed by atoms with Crippen LogP contribution in [0.5, 0.6) is 0 Å². The Morgan fingerprint density at radius 2 is 1.83 bits per heavy atom. The number of anilines is 1. The van der Waals surface area contributed by atoms with Gasteiger partial charge in [-0.15, -0.1) is 0 Å². The minimum Gasteiger partial charge on any atom is -0.355 e. The number of aromatic nitrogens is 2. The van der Waals surface area contributed by atoms with Gasteiger partial charge in [-0.3, -0.25) is 14.3 Å². The predicted octanol–water partition coefficient (Wildman–Crippen LogP) is 1.30. The van der Waals surface area contributed by atoms with E-state index in [0.29, 0.717) is 24.1 Å². The van der Waals surface area contributed by atoms with Gasteiger partial charge in [0.2, 0.25) is 15.9 Å². The summed E-state index contributed by atoms with van der Waals surface area (Å²) in [5, 5.41) is 9.47. The molecule has 3 rings (SSSR count). The van der Waals surface area contributed by atoms with E-state index in [1.807, 2.05) is 6.92 Å². The van der Waals surface area contributed by atoms with E-state index in [1.165, 1.54) is 35.6 Å². The van der Waals surface area contributed by atoms with Crippen molar-refractivity contribution in [3.05, 3.63) is 42.2 Å². The van der Waals surface area contributed by atoms with Crippen molar-refractivity contribution in [2.24, 2.45) is 5.92 Å². The van der Waals surface area contributed by atoms with Gasteiger partial charge in [-0.05, 0) is 44.0 Å². The van der Waals surface area contributed by atoms with E-state index in [4.69, 9.17) is 0 Å². The van der Waals surface area contributed by atoms with Crippen LogP contribution in [0.3, 0.4) is 0 Å². The molecule has 0 spiro atoms. The van der Waals surface area contributed by atoms with E-state index in [9.17, 15) is 18.0 Å². The molecule has 1 fully saturated rings. The molecule has 1 aromatic carbocycles. The number of hydrogen-bond donors (Lipinski definition) is 2. The number of nitrogens with one attached hydrogen (secondary N) is 2. The fraction of sp³-hybridized carbons (Fsp3) is 0.421. The van der Waals surface area contributed by atoms with E-state index in [2.05, 4.69) is 15.7 Å². The number of nitrogens with zero attached hydrogens (tertiary/aromatic N) is 3. The highest BCUT2D eigenvalue weighted by atomic mass is 32.2. The Morgan fingerprint density at radius 3 is 2.38 bits per heavy atom. The third-order valence-corrected chi connectivity index (χ3v) is 6.94. The predicted molar refractivity (Wildman–Crippen MR) is 108 cm³/mol. The summed E-state index contributed by atoms with van der Waals surface area (Å²) in [6.07, 6.45) is 4.26. The van der Waals surface area contributed by atoms with Crippen LogP contribution in [-0.2, 0) is 21.4 Å². The zero-order valence-corrected chi connectivity index (χ0v) is 17.3. The molecule has 0 bridgehead atoms. The van der Waals surface area contributed by atoms with Gasteiger partial charge in [0.05, 0.1) is 16.8 Å². The molecule has 0 unspecified atom stereocenters. The monoisotopic (exact) mass is 419 g/mol. The van der Waals surface area contributed by atoms with Crippen molar-refractivity contribution in [1.82, 2.24) is 19.4 Å². The molecular formula is C19H25N5O4S. The Morgan fingerprint density at radius 1 is 1.17 bits per heavy atom. The molecule has 0 aliphatic carbocycles. The second-order valence-corrected chi connectivity index (χ2v) is 8.79.